The Bertz CT molecular complexity index is 1090. The summed E-state index contributed by atoms with van der Waals surface area (Å²) in [6.07, 6.45) is 5.10. The van der Waals surface area contributed by atoms with Gasteiger partial charge in [0.2, 0.25) is 6.41 Å². The third-order valence-electron chi connectivity index (χ3n) is 8.39. The van der Waals surface area contributed by atoms with Gasteiger partial charge in [-0.15, -0.1) is 0 Å². The van der Waals surface area contributed by atoms with Crippen molar-refractivity contribution in [1.29, 1.82) is 0 Å². The van der Waals surface area contributed by atoms with Crippen molar-refractivity contribution < 1.29 is 18.7 Å². The van der Waals surface area contributed by atoms with E-state index in [0.717, 1.165) is 75.2 Å². The van der Waals surface area contributed by atoms with Crippen LogP contribution in [0.4, 0.5) is 15.8 Å². The summed E-state index contributed by atoms with van der Waals surface area (Å²) in [5.74, 6) is 1.86. The predicted octanol–water partition coefficient (Wildman–Crippen LogP) is 5.02. The van der Waals surface area contributed by atoms with Crippen LogP contribution in [0.5, 0.6) is 11.5 Å². The molecule has 2 aliphatic rings. The monoisotopic (exact) mass is 554 g/mol. The topological polar surface area (TPSA) is 66.1 Å². The molecule has 0 aliphatic carbocycles. The molecule has 0 aromatic heterocycles. The van der Waals surface area contributed by atoms with Crippen LogP contribution in [0.25, 0.3) is 0 Å². The Balaban J connectivity index is 1.44. The molecular weight excluding hydrogens is 507 g/mol. The second-order valence-electron chi connectivity index (χ2n) is 12.2. The normalized spacial score (nSPS) is 17.4. The van der Waals surface area contributed by atoms with Gasteiger partial charge in [0.05, 0.1) is 12.8 Å². The maximum Gasteiger partial charge on any atom is 0.207 e. The second-order valence-corrected chi connectivity index (χ2v) is 12.2. The summed E-state index contributed by atoms with van der Waals surface area (Å²) in [5, 5.41) is 6.08. The van der Waals surface area contributed by atoms with Crippen LogP contribution in [0.2, 0.25) is 0 Å². The minimum Gasteiger partial charge on any atom is -0.495 e. The molecule has 1 amide bonds. The zero-order valence-corrected chi connectivity index (χ0v) is 24.7. The van der Waals surface area contributed by atoms with Crippen molar-refractivity contribution in [1.82, 2.24) is 10.6 Å². The lowest BCUT2D eigenvalue weighted by molar-refractivity contribution is -0.109. The molecule has 8 heteroatoms. The van der Waals surface area contributed by atoms with Crippen molar-refractivity contribution in [2.24, 2.45) is 11.3 Å². The van der Waals surface area contributed by atoms with Crippen LogP contribution in [0.1, 0.15) is 52.0 Å². The zero-order chi connectivity index (χ0) is 28.5. The molecule has 2 aromatic carbocycles. The first kappa shape index (κ1) is 30.0. The van der Waals surface area contributed by atoms with Gasteiger partial charge >= 0.3 is 0 Å². The number of nitrogens with one attached hydrogen (secondary N) is 2. The number of hydrogen-bond donors (Lipinski definition) is 2. The van der Waals surface area contributed by atoms with Gasteiger partial charge in [0.15, 0.2) is 0 Å². The number of amides is 1. The van der Waals surface area contributed by atoms with Crippen molar-refractivity contribution in [3.05, 3.63) is 47.8 Å². The van der Waals surface area contributed by atoms with E-state index >= 15 is 0 Å². The van der Waals surface area contributed by atoms with E-state index in [-0.39, 0.29) is 11.9 Å². The van der Waals surface area contributed by atoms with Crippen LogP contribution in [0.3, 0.4) is 0 Å². The average Bonchev–Trinajstić information content (AvgIpc) is 2.95. The fourth-order valence-electron chi connectivity index (χ4n) is 5.93. The van der Waals surface area contributed by atoms with Gasteiger partial charge in [-0.05, 0) is 60.8 Å². The minimum atomic E-state index is -0.300. The highest BCUT2D eigenvalue weighted by Gasteiger charge is 2.29. The van der Waals surface area contributed by atoms with Gasteiger partial charge in [-0.1, -0.05) is 26.8 Å². The van der Waals surface area contributed by atoms with E-state index in [1.165, 1.54) is 24.5 Å². The molecule has 2 heterocycles. The molecular formula is C32H47FN4O3. The predicted molar refractivity (Wildman–Crippen MR) is 160 cm³/mol. The number of nitrogens with zero attached hydrogens (tertiary/aromatic N) is 2. The second kappa shape index (κ2) is 14.1. The molecule has 2 saturated heterocycles. The molecule has 220 valence electrons. The number of hydrogen-bond acceptors (Lipinski definition) is 6. The standard InChI is InChI=1S/C32H47FN4O3/c1-32(2,3)25-10-15-37(16-11-25)30-19-24(6-8-31(30)39-4)5-7-28(9-12-35-23-38)40-29-21-26(33)20-27(22-29)36-17-13-34-14-18-36/h6,8,19-23,25,28,34H,5,7,9-18H2,1-4H3,(H,35,38). The van der Waals surface area contributed by atoms with Crippen LogP contribution < -0.4 is 29.9 Å². The van der Waals surface area contributed by atoms with E-state index in [2.05, 4.69) is 59.4 Å². The van der Waals surface area contributed by atoms with Crippen molar-refractivity contribution in [3.8, 4) is 11.5 Å². The van der Waals surface area contributed by atoms with Gasteiger partial charge in [0.1, 0.15) is 23.4 Å². The molecule has 4 rings (SSSR count). The maximum absolute atomic E-state index is 14.6. The number of ether oxygens (including phenoxy) is 2. The molecule has 2 aromatic rings. The Morgan fingerprint density at radius 2 is 1.80 bits per heavy atom. The number of carbonyl (C=O) groups excluding carboxylic acids is 1. The summed E-state index contributed by atoms with van der Waals surface area (Å²) in [6, 6.07) is 11.4. The number of carbonyl (C=O) groups is 1. The van der Waals surface area contributed by atoms with E-state index < -0.39 is 0 Å². The van der Waals surface area contributed by atoms with E-state index in [0.29, 0.717) is 30.5 Å². The summed E-state index contributed by atoms with van der Waals surface area (Å²) in [7, 11) is 1.73. The molecule has 0 saturated carbocycles. The summed E-state index contributed by atoms with van der Waals surface area (Å²) in [6.45, 7) is 13.0. The number of anilines is 2. The van der Waals surface area contributed by atoms with E-state index in [1.54, 1.807) is 13.2 Å². The number of rotatable bonds is 12. The fourth-order valence-corrected chi connectivity index (χ4v) is 5.93. The summed E-state index contributed by atoms with van der Waals surface area (Å²) in [4.78, 5) is 15.5. The lowest BCUT2D eigenvalue weighted by Crippen LogP contribution is -2.43. The van der Waals surface area contributed by atoms with E-state index in [9.17, 15) is 9.18 Å². The Morgan fingerprint density at radius 1 is 1.05 bits per heavy atom. The van der Waals surface area contributed by atoms with Gasteiger partial charge in [0, 0.05) is 70.1 Å². The van der Waals surface area contributed by atoms with Gasteiger partial charge in [-0.2, -0.15) is 0 Å². The highest BCUT2D eigenvalue weighted by atomic mass is 19.1. The zero-order valence-electron chi connectivity index (χ0n) is 24.7. The van der Waals surface area contributed by atoms with Gasteiger partial charge in [-0.25, -0.2) is 4.39 Å². The minimum absolute atomic E-state index is 0.168. The van der Waals surface area contributed by atoms with Gasteiger partial charge in [-0.3, -0.25) is 4.79 Å². The number of benzene rings is 2. The summed E-state index contributed by atoms with van der Waals surface area (Å²) < 4.78 is 26.7. The molecule has 1 unspecified atom stereocenters. The first-order valence-electron chi connectivity index (χ1n) is 14.8. The lowest BCUT2D eigenvalue weighted by atomic mass is 9.75. The Morgan fingerprint density at radius 3 is 2.48 bits per heavy atom. The molecule has 7 nitrogen and oxygen atoms in total. The molecule has 1 atom stereocenters. The van der Waals surface area contributed by atoms with Crippen LogP contribution in [0, 0.1) is 17.2 Å². The molecule has 40 heavy (non-hydrogen) atoms. The van der Waals surface area contributed by atoms with Gasteiger partial charge in [0.25, 0.3) is 0 Å². The number of methoxy groups -OCH3 is 1. The van der Waals surface area contributed by atoms with E-state index in [1.807, 2.05) is 6.07 Å². The van der Waals surface area contributed by atoms with Crippen LogP contribution in [0.15, 0.2) is 36.4 Å². The SMILES string of the molecule is COc1ccc(CCC(CCNC=O)Oc2cc(F)cc(N3CCNCC3)c2)cc1N1CCC(C(C)(C)C)CC1. The molecule has 2 aliphatic heterocycles. The highest BCUT2D eigenvalue weighted by Crippen LogP contribution is 2.38. The smallest absolute Gasteiger partial charge is 0.207 e. The first-order valence-corrected chi connectivity index (χ1v) is 14.8. The van der Waals surface area contributed by atoms with Crippen LogP contribution in [-0.4, -0.2) is 65.4 Å². The summed E-state index contributed by atoms with van der Waals surface area (Å²) in [5.41, 5.74) is 3.54. The molecule has 2 N–H and O–H groups in total. The number of aryl methyl sites for hydroxylation is 1. The van der Waals surface area contributed by atoms with E-state index in [4.69, 9.17) is 9.47 Å². The fraction of sp³-hybridized carbons (Fsp3) is 0.594. The van der Waals surface area contributed by atoms with Gasteiger partial charge < -0.3 is 29.9 Å². The number of piperidine rings is 1. The Kier molecular flexibility index (Phi) is 10.5. The van der Waals surface area contributed by atoms with Crippen LogP contribution in [-0.2, 0) is 11.2 Å². The average molecular weight is 555 g/mol. The largest absolute Gasteiger partial charge is 0.495 e. The third kappa shape index (κ3) is 8.26. The molecule has 0 radical (unpaired) electrons. The van der Waals surface area contributed by atoms with Crippen LogP contribution >= 0.6 is 0 Å². The number of piperazine rings is 1. The maximum atomic E-state index is 14.6. The molecule has 0 bridgehead atoms. The van der Waals surface area contributed by atoms with Crippen molar-refractivity contribution >= 4 is 17.8 Å². The quantitative estimate of drug-likeness (QED) is 0.284. The number of halogens is 1. The molecule has 0 spiro atoms. The Hall–Kier alpha value is -3.00. The lowest BCUT2D eigenvalue weighted by Gasteiger charge is -2.40. The first-order chi connectivity index (χ1) is 19.3. The Labute approximate surface area is 239 Å². The van der Waals surface area contributed by atoms with Crippen molar-refractivity contribution in [3.63, 3.8) is 0 Å². The summed E-state index contributed by atoms with van der Waals surface area (Å²) >= 11 is 0. The highest BCUT2D eigenvalue weighted by molar-refractivity contribution is 5.60. The molecule has 2 fully saturated rings. The van der Waals surface area contributed by atoms with Crippen molar-refractivity contribution in [2.75, 3.05) is 62.7 Å². The van der Waals surface area contributed by atoms with Crippen molar-refractivity contribution in [2.45, 2.75) is 59.0 Å². The third-order valence-corrected chi connectivity index (χ3v) is 8.39.